The van der Waals surface area contributed by atoms with Gasteiger partial charge >= 0.3 is 5.97 Å². The second kappa shape index (κ2) is 9.61. The predicted octanol–water partition coefficient (Wildman–Crippen LogP) is 4.11. The quantitative estimate of drug-likeness (QED) is 0.439. The molecule has 0 spiro atoms. The van der Waals surface area contributed by atoms with Crippen LogP contribution in [0.25, 0.3) is 0 Å². The van der Waals surface area contributed by atoms with Crippen molar-refractivity contribution in [1.29, 1.82) is 0 Å². The van der Waals surface area contributed by atoms with E-state index in [1.165, 1.54) is 18.0 Å². The fourth-order valence-corrected chi connectivity index (χ4v) is 2.90. The number of nitrogens with one attached hydrogen (secondary N) is 2. The number of thioether (sulfide) groups is 1. The van der Waals surface area contributed by atoms with Crippen LogP contribution in [0.1, 0.15) is 17.4 Å². The minimum Gasteiger partial charge on any atom is -0.461 e. The van der Waals surface area contributed by atoms with Crippen LogP contribution in [0.2, 0.25) is 0 Å². The van der Waals surface area contributed by atoms with Gasteiger partial charge in [0.05, 0.1) is 18.6 Å². The Balaban J connectivity index is 1.47. The van der Waals surface area contributed by atoms with Gasteiger partial charge in [-0.1, -0.05) is 30.0 Å². The van der Waals surface area contributed by atoms with Gasteiger partial charge in [0, 0.05) is 5.69 Å². The fourth-order valence-electron chi connectivity index (χ4n) is 2.25. The van der Waals surface area contributed by atoms with Crippen LogP contribution in [0, 0.1) is 0 Å². The zero-order valence-electron chi connectivity index (χ0n) is 15.2. The molecule has 2 aromatic carbocycles. The lowest BCUT2D eigenvalue weighted by Gasteiger charge is -2.07. The van der Waals surface area contributed by atoms with Gasteiger partial charge in [0.25, 0.3) is 0 Å². The van der Waals surface area contributed by atoms with Crippen molar-refractivity contribution >= 4 is 29.3 Å². The van der Waals surface area contributed by atoms with Gasteiger partial charge in [0.15, 0.2) is 5.16 Å². The molecule has 0 unspecified atom stereocenters. The van der Waals surface area contributed by atoms with Gasteiger partial charge in [-0.2, -0.15) is 0 Å². The molecule has 1 heterocycles. The topological polar surface area (TPSA) is 93.3 Å². The molecule has 2 N–H and O–H groups in total. The number of esters is 1. The number of carbonyl (C=O) groups is 2. The van der Waals surface area contributed by atoms with Crippen molar-refractivity contribution in [3.8, 4) is 11.5 Å². The lowest BCUT2D eigenvalue weighted by atomic mass is 10.3. The number of ether oxygens (including phenoxy) is 2. The van der Waals surface area contributed by atoms with Crippen LogP contribution in [0.5, 0.6) is 11.5 Å². The van der Waals surface area contributed by atoms with E-state index in [2.05, 4.69) is 15.3 Å². The predicted molar refractivity (Wildman–Crippen MR) is 107 cm³/mol. The van der Waals surface area contributed by atoms with Gasteiger partial charge in [-0.3, -0.25) is 4.79 Å². The number of aromatic amines is 1. The maximum atomic E-state index is 12.1. The highest BCUT2D eigenvalue weighted by molar-refractivity contribution is 7.99. The van der Waals surface area contributed by atoms with E-state index in [0.717, 1.165) is 5.75 Å². The molecule has 0 aliphatic heterocycles. The van der Waals surface area contributed by atoms with E-state index in [4.69, 9.17) is 9.47 Å². The maximum absolute atomic E-state index is 12.1. The summed E-state index contributed by atoms with van der Waals surface area (Å²) in [5.74, 6) is 0.926. The van der Waals surface area contributed by atoms with Gasteiger partial charge in [0.2, 0.25) is 5.91 Å². The maximum Gasteiger partial charge on any atom is 0.356 e. The van der Waals surface area contributed by atoms with Gasteiger partial charge in [0.1, 0.15) is 17.2 Å². The minimum atomic E-state index is -0.468. The summed E-state index contributed by atoms with van der Waals surface area (Å²) in [7, 11) is 0. The average Bonchev–Trinajstić information content (AvgIpc) is 3.18. The number of para-hydroxylation sites is 1. The second-order valence-electron chi connectivity index (χ2n) is 5.60. The molecule has 0 aliphatic carbocycles. The molecule has 0 atom stereocenters. The molecule has 0 bridgehead atoms. The highest BCUT2D eigenvalue weighted by Gasteiger charge is 2.12. The summed E-state index contributed by atoms with van der Waals surface area (Å²) in [6.45, 7) is 2.02. The molecule has 0 saturated carbocycles. The molecule has 144 valence electrons. The summed E-state index contributed by atoms with van der Waals surface area (Å²) in [6.07, 6.45) is 1.39. The van der Waals surface area contributed by atoms with Crippen LogP contribution in [-0.2, 0) is 9.53 Å². The van der Waals surface area contributed by atoms with Crippen molar-refractivity contribution in [2.45, 2.75) is 12.1 Å². The molecular weight excluding hydrogens is 378 g/mol. The molecule has 0 radical (unpaired) electrons. The van der Waals surface area contributed by atoms with Gasteiger partial charge < -0.3 is 19.8 Å². The van der Waals surface area contributed by atoms with E-state index in [1.54, 1.807) is 31.2 Å². The third-order valence-corrected chi connectivity index (χ3v) is 4.39. The minimum absolute atomic E-state index is 0.151. The normalized spacial score (nSPS) is 10.3. The number of imidazole rings is 1. The number of rotatable bonds is 8. The summed E-state index contributed by atoms with van der Waals surface area (Å²) in [5, 5.41) is 3.28. The number of nitrogens with zero attached hydrogens (tertiary/aromatic N) is 1. The van der Waals surface area contributed by atoms with Crippen molar-refractivity contribution in [3.05, 3.63) is 66.5 Å². The monoisotopic (exact) mass is 397 g/mol. The Labute approximate surface area is 166 Å². The van der Waals surface area contributed by atoms with Crippen molar-refractivity contribution in [2.75, 3.05) is 17.7 Å². The van der Waals surface area contributed by atoms with Gasteiger partial charge in [-0.05, 0) is 43.3 Å². The van der Waals surface area contributed by atoms with Crippen molar-refractivity contribution in [2.24, 2.45) is 0 Å². The lowest BCUT2D eigenvalue weighted by Crippen LogP contribution is -2.14. The second-order valence-corrected chi connectivity index (χ2v) is 6.56. The molecule has 0 aliphatic rings. The van der Waals surface area contributed by atoms with E-state index in [0.29, 0.717) is 16.6 Å². The molecular formula is C20H19N3O4S. The number of H-pyrrole nitrogens is 1. The SMILES string of the molecule is CCOC(=O)c1cnc(SCC(=O)Nc2ccc(Oc3ccccc3)cc2)[nH]1. The number of carbonyl (C=O) groups excluding carboxylic acids is 2. The first-order chi connectivity index (χ1) is 13.6. The van der Waals surface area contributed by atoms with Crippen LogP contribution >= 0.6 is 11.8 Å². The average molecular weight is 397 g/mol. The van der Waals surface area contributed by atoms with Crippen molar-refractivity contribution in [3.63, 3.8) is 0 Å². The lowest BCUT2D eigenvalue weighted by molar-refractivity contribution is -0.113. The Morgan fingerprint density at radius 3 is 2.50 bits per heavy atom. The summed E-state index contributed by atoms with van der Waals surface area (Å²) >= 11 is 1.20. The van der Waals surface area contributed by atoms with E-state index in [9.17, 15) is 9.59 Å². The first-order valence-electron chi connectivity index (χ1n) is 8.62. The number of anilines is 1. The molecule has 1 aromatic heterocycles. The van der Waals surface area contributed by atoms with Crippen LogP contribution in [-0.4, -0.2) is 34.2 Å². The molecule has 0 saturated heterocycles. The molecule has 7 nitrogen and oxygen atoms in total. The van der Waals surface area contributed by atoms with Crippen molar-refractivity contribution < 1.29 is 19.1 Å². The third-order valence-electron chi connectivity index (χ3n) is 3.50. The number of benzene rings is 2. The van der Waals surface area contributed by atoms with E-state index in [1.807, 2.05) is 30.3 Å². The summed E-state index contributed by atoms with van der Waals surface area (Å²) in [6, 6.07) is 16.6. The Bertz CT molecular complexity index is 926. The highest BCUT2D eigenvalue weighted by atomic mass is 32.2. The van der Waals surface area contributed by atoms with Crippen LogP contribution in [0.15, 0.2) is 66.0 Å². The van der Waals surface area contributed by atoms with E-state index < -0.39 is 5.97 Å². The zero-order valence-corrected chi connectivity index (χ0v) is 16.0. The first-order valence-corrected chi connectivity index (χ1v) is 9.60. The molecule has 3 rings (SSSR count). The van der Waals surface area contributed by atoms with Crippen molar-refractivity contribution in [1.82, 2.24) is 9.97 Å². The Morgan fingerprint density at radius 2 is 1.79 bits per heavy atom. The molecule has 28 heavy (non-hydrogen) atoms. The Kier molecular flexibility index (Phi) is 6.69. The van der Waals surface area contributed by atoms with Gasteiger partial charge in [-0.15, -0.1) is 0 Å². The molecule has 3 aromatic rings. The number of aromatic nitrogens is 2. The standard InChI is InChI=1S/C20H19N3O4S/c1-2-26-19(25)17-12-21-20(23-17)28-13-18(24)22-14-8-10-16(11-9-14)27-15-6-4-3-5-7-15/h3-12H,2,13H2,1H3,(H,21,23)(H,22,24). The van der Waals surface area contributed by atoms with E-state index >= 15 is 0 Å². The number of hydrogen-bond donors (Lipinski definition) is 2. The van der Waals surface area contributed by atoms with Crippen LogP contribution < -0.4 is 10.1 Å². The smallest absolute Gasteiger partial charge is 0.356 e. The molecule has 0 fully saturated rings. The number of hydrogen-bond acceptors (Lipinski definition) is 6. The third kappa shape index (κ3) is 5.62. The summed E-state index contributed by atoms with van der Waals surface area (Å²) in [5.41, 5.74) is 0.927. The number of amides is 1. The fraction of sp³-hybridized carbons (Fsp3) is 0.150. The Hall–Kier alpha value is -3.26. The van der Waals surface area contributed by atoms with E-state index in [-0.39, 0.29) is 24.0 Å². The van der Waals surface area contributed by atoms with Crippen LogP contribution in [0.4, 0.5) is 5.69 Å². The first kappa shape index (κ1) is 19.5. The molecule has 1 amide bonds. The highest BCUT2D eigenvalue weighted by Crippen LogP contribution is 2.23. The summed E-state index contributed by atoms with van der Waals surface area (Å²) in [4.78, 5) is 30.6. The zero-order chi connectivity index (χ0) is 19.8. The largest absolute Gasteiger partial charge is 0.461 e. The van der Waals surface area contributed by atoms with Gasteiger partial charge in [-0.25, -0.2) is 9.78 Å². The Morgan fingerprint density at radius 1 is 1.07 bits per heavy atom. The summed E-state index contributed by atoms with van der Waals surface area (Å²) < 4.78 is 10.6. The van der Waals surface area contributed by atoms with Crippen LogP contribution in [0.3, 0.4) is 0 Å². The molecule has 8 heteroatoms.